The summed E-state index contributed by atoms with van der Waals surface area (Å²) in [5.74, 6) is -0.522. The predicted molar refractivity (Wildman–Crippen MR) is 87.4 cm³/mol. The number of phenols is 1. The summed E-state index contributed by atoms with van der Waals surface area (Å²) in [6.07, 6.45) is -1.87. The normalized spacial score (nSPS) is 21.9. The van der Waals surface area contributed by atoms with Gasteiger partial charge in [-0.1, -0.05) is 24.3 Å². The number of rotatable bonds is 2. The molecule has 0 saturated heterocycles. The van der Waals surface area contributed by atoms with Crippen LogP contribution < -0.4 is 4.74 Å². The molecular weight excluding hydrogens is 312 g/mol. The molecule has 3 rings (SSSR count). The van der Waals surface area contributed by atoms with Crippen LogP contribution in [0.1, 0.15) is 35.9 Å². The molecule has 0 spiro atoms. The maximum Gasteiger partial charge on any atom is 0.342 e. The highest BCUT2D eigenvalue weighted by molar-refractivity contribution is 6.06. The molecule has 2 aromatic carbocycles. The van der Waals surface area contributed by atoms with E-state index in [0.717, 1.165) is 0 Å². The summed E-state index contributed by atoms with van der Waals surface area (Å²) < 4.78 is 16.3. The first-order chi connectivity index (χ1) is 11.3. The number of aliphatic hydroxyl groups is 1. The molecule has 6 nitrogen and oxygen atoms in total. The van der Waals surface area contributed by atoms with Crippen molar-refractivity contribution in [1.29, 1.82) is 0 Å². The molecule has 6 heteroatoms. The Kier molecular flexibility index (Phi) is 3.89. The van der Waals surface area contributed by atoms with E-state index in [4.69, 9.17) is 14.2 Å². The van der Waals surface area contributed by atoms with Crippen LogP contribution in [-0.2, 0) is 9.47 Å². The fraction of sp³-hybridized carbons (Fsp3) is 0.389. The van der Waals surface area contributed by atoms with Crippen molar-refractivity contribution in [3.8, 4) is 11.5 Å². The van der Waals surface area contributed by atoms with Gasteiger partial charge in [-0.2, -0.15) is 0 Å². The van der Waals surface area contributed by atoms with Crippen LogP contribution in [0, 0.1) is 0 Å². The average molecular weight is 332 g/mol. The van der Waals surface area contributed by atoms with Crippen LogP contribution in [0.15, 0.2) is 24.3 Å². The number of benzene rings is 2. The van der Waals surface area contributed by atoms with Crippen molar-refractivity contribution in [2.75, 3.05) is 14.2 Å². The smallest absolute Gasteiger partial charge is 0.342 e. The lowest BCUT2D eigenvalue weighted by molar-refractivity contribution is -0.123. The number of methoxy groups -OCH3 is 2. The lowest BCUT2D eigenvalue weighted by Crippen LogP contribution is -2.49. The minimum atomic E-state index is -1.03. The molecule has 0 saturated carbocycles. The Balaban J connectivity index is 2.46. The van der Waals surface area contributed by atoms with Crippen molar-refractivity contribution in [3.63, 3.8) is 0 Å². The topological polar surface area (TPSA) is 85.2 Å². The van der Waals surface area contributed by atoms with E-state index < -0.39 is 23.8 Å². The first-order valence-electron chi connectivity index (χ1n) is 7.59. The van der Waals surface area contributed by atoms with E-state index >= 15 is 0 Å². The van der Waals surface area contributed by atoms with E-state index in [1.165, 1.54) is 14.2 Å². The van der Waals surface area contributed by atoms with E-state index in [9.17, 15) is 15.0 Å². The number of hydrogen-bond acceptors (Lipinski definition) is 6. The van der Waals surface area contributed by atoms with Crippen molar-refractivity contribution in [3.05, 3.63) is 35.4 Å². The number of aliphatic hydroxyl groups excluding tert-OH is 1. The molecule has 0 fully saturated rings. The standard InChI is InChI=1S/C18H20O6/c1-18(2)16(20)15(22-3)12-11(17(21)23-4)13(19)9-7-5-6-8-10(9)14(12)24-18/h5-8,15-16,19-20H,1-4H3/t15-,16+/m0/s1. The molecule has 2 N–H and O–H groups in total. The number of phenolic OH excluding ortho intramolecular Hbond substituents is 1. The monoisotopic (exact) mass is 332 g/mol. The van der Waals surface area contributed by atoms with E-state index in [1.54, 1.807) is 32.0 Å². The van der Waals surface area contributed by atoms with Crippen LogP contribution >= 0.6 is 0 Å². The summed E-state index contributed by atoms with van der Waals surface area (Å²) in [6, 6.07) is 7.05. The van der Waals surface area contributed by atoms with Gasteiger partial charge in [0.25, 0.3) is 0 Å². The molecule has 0 amide bonds. The van der Waals surface area contributed by atoms with Gasteiger partial charge in [0, 0.05) is 23.4 Å². The highest BCUT2D eigenvalue weighted by atomic mass is 16.5. The predicted octanol–water partition coefficient (Wildman–Crippen LogP) is 2.55. The van der Waals surface area contributed by atoms with Gasteiger partial charge in [0.15, 0.2) is 0 Å². The second-order valence-electron chi connectivity index (χ2n) is 6.31. The Morgan fingerprint density at radius 3 is 2.42 bits per heavy atom. The minimum absolute atomic E-state index is 0.0485. The molecule has 0 aliphatic carbocycles. The van der Waals surface area contributed by atoms with Gasteiger partial charge in [0.05, 0.1) is 7.11 Å². The molecule has 1 aliphatic rings. The van der Waals surface area contributed by atoms with Gasteiger partial charge < -0.3 is 24.4 Å². The number of aromatic hydroxyl groups is 1. The summed E-state index contributed by atoms with van der Waals surface area (Å²) in [5.41, 5.74) is -0.680. The number of carbonyl (C=O) groups is 1. The lowest BCUT2D eigenvalue weighted by atomic mass is 9.84. The zero-order chi connectivity index (χ0) is 17.6. The molecule has 2 atom stereocenters. The first kappa shape index (κ1) is 16.5. The summed E-state index contributed by atoms with van der Waals surface area (Å²) in [6.45, 7) is 3.48. The van der Waals surface area contributed by atoms with Crippen molar-refractivity contribution in [2.45, 2.75) is 31.7 Å². The Hall–Kier alpha value is -2.31. The number of ether oxygens (including phenoxy) is 3. The second kappa shape index (κ2) is 5.65. The third-order valence-electron chi connectivity index (χ3n) is 4.47. The van der Waals surface area contributed by atoms with Crippen LogP contribution in [0.3, 0.4) is 0 Å². The number of carbonyl (C=O) groups excluding carboxylic acids is 1. The molecule has 2 aromatic rings. The van der Waals surface area contributed by atoms with Gasteiger partial charge in [0.1, 0.15) is 34.9 Å². The van der Waals surface area contributed by atoms with Crippen LogP contribution in [-0.4, -0.2) is 42.1 Å². The molecular formula is C18H20O6. The van der Waals surface area contributed by atoms with E-state index in [0.29, 0.717) is 22.1 Å². The fourth-order valence-electron chi connectivity index (χ4n) is 3.19. The minimum Gasteiger partial charge on any atom is -0.506 e. The lowest BCUT2D eigenvalue weighted by Gasteiger charge is -2.42. The number of esters is 1. The molecule has 0 aromatic heterocycles. The molecule has 0 bridgehead atoms. The zero-order valence-corrected chi connectivity index (χ0v) is 14.0. The quantitative estimate of drug-likeness (QED) is 0.822. The number of hydrogen-bond donors (Lipinski definition) is 2. The van der Waals surface area contributed by atoms with Gasteiger partial charge in [-0.25, -0.2) is 4.79 Å². The third-order valence-corrected chi connectivity index (χ3v) is 4.47. The largest absolute Gasteiger partial charge is 0.506 e. The highest BCUT2D eigenvalue weighted by Gasteiger charge is 2.47. The third kappa shape index (κ3) is 2.22. The molecule has 24 heavy (non-hydrogen) atoms. The van der Waals surface area contributed by atoms with Crippen LogP contribution in [0.4, 0.5) is 0 Å². The molecule has 0 radical (unpaired) electrons. The SMILES string of the molecule is COC(=O)c1c2c(c3ccccc3c1O)OC(C)(C)[C@H](O)[C@H]2OC. The Labute approximate surface area is 139 Å². The van der Waals surface area contributed by atoms with Crippen LogP contribution in [0.2, 0.25) is 0 Å². The summed E-state index contributed by atoms with van der Waals surface area (Å²) in [5, 5.41) is 22.4. The van der Waals surface area contributed by atoms with Gasteiger partial charge in [0.2, 0.25) is 0 Å². The zero-order valence-electron chi connectivity index (χ0n) is 14.0. The second-order valence-corrected chi connectivity index (χ2v) is 6.31. The molecule has 1 aliphatic heterocycles. The van der Waals surface area contributed by atoms with Crippen molar-refractivity contribution < 1.29 is 29.2 Å². The summed E-state index contributed by atoms with van der Waals surface area (Å²) in [7, 11) is 2.67. The van der Waals surface area contributed by atoms with Gasteiger partial charge in [-0.3, -0.25) is 0 Å². The Morgan fingerprint density at radius 1 is 1.21 bits per heavy atom. The molecule has 128 valence electrons. The maximum atomic E-state index is 12.3. The van der Waals surface area contributed by atoms with Gasteiger partial charge in [-0.05, 0) is 13.8 Å². The molecule has 0 unspecified atom stereocenters. The highest BCUT2D eigenvalue weighted by Crippen LogP contribution is 2.50. The summed E-state index contributed by atoms with van der Waals surface area (Å²) >= 11 is 0. The van der Waals surface area contributed by atoms with Crippen molar-refractivity contribution in [1.82, 2.24) is 0 Å². The van der Waals surface area contributed by atoms with Gasteiger partial charge >= 0.3 is 5.97 Å². The van der Waals surface area contributed by atoms with Crippen molar-refractivity contribution >= 4 is 16.7 Å². The van der Waals surface area contributed by atoms with E-state index in [-0.39, 0.29) is 11.3 Å². The van der Waals surface area contributed by atoms with Crippen LogP contribution in [0.5, 0.6) is 11.5 Å². The first-order valence-corrected chi connectivity index (χ1v) is 7.59. The average Bonchev–Trinajstić information content (AvgIpc) is 2.57. The van der Waals surface area contributed by atoms with E-state index in [2.05, 4.69) is 0 Å². The molecule has 1 heterocycles. The fourth-order valence-corrected chi connectivity index (χ4v) is 3.19. The van der Waals surface area contributed by atoms with Crippen LogP contribution in [0.25, 0.3) is 10.8 Å². The Bertz CT molecular complexity index is 811. The maximum absolute atomic E-state index is 12.3. The summed E-state index contributed by atoms with van der Waals surface area (Å²) in [4.78, 5) is 12.3. The van der Waals surface area contributed by atoms with E-state index in [1.807, 2.05) is 6.07 Å². The number of fused-ring (bicyclic) bond motifs is 3. The Morgan fingerprint density at radius 2 is 1.83 bits per heavy atom. The van der Waals surface area contributed by atoms with Gasteiger partial charge in [-0.15, -0.1) is 0 Å². The van der Waals surface area contributed by atoms with Crippen molar-refractivity contribution in [2.24, 2.45) is 0 Å².